The van der Waals surface area contributed by atoms with Crippen molar-refractivity contribution in [1.29, 1.82) is 0 Å². The Labute approximate surface area is 179 Å². The second-order valence-electron chi connectivity index (χ2n) is 7.79. The first kappa shape index (κ1) is 19.4. The molecular formula is C23H24N6O2. The Kier molecular flexibility index (Phi) is 4.99. The van der Waals surface area contributed by atoms with E-state index in [1.807, 2.05) is 47.5 Å². The Hall–Kier alpha value is -3.52. The fourth-order valence-electron chi connectivity index (χ4n) is 3.96. The smallest absolute Gasteiger partial charge is 0.274 e. The molecular weight excluding hydrogens is 392 g/mol. The van der Waals surface area contributed by atoms with E-state index < -0.39 is 0 Å². The van der Waals surface area contributed by atoms with Gasteiger partial charge in [0.15, 0.2) is 0 Å². The molecule has 0 saturated carbocycles. The summed E-state index contributed by atoms with van der Waals surface area (Å²) in [7, 11) is 1.80. The third kappa shape index (κ3) is 3.59. The first-order valence-electron chi connectivity index (χ1n) is 10.4. The second-order valence-corrected chi connectivity index (χ2v) is 7.79. The normalized spacial score (nSPS) is 14.3. The third-order valence-corrected chi connectivity index (χ3v) is 5.90. The topological polar surface area (TPSA) is 78.1 Å². The molecule has 8 nitrogen and oxygen atoms in total. The van der Waals surface area contributed by atoms with Crippen LogP contribution in [0.25, 0.3) is 22.0 Å². The zero-order valence-corrected chi connectivity index (χ0v) is 17.7. The number of aromatic nitrogens is 5. The van der Waals surface area contributed by atoms with Gasteiger partial charge in [0.2, 0.25) is 5.95 Å². The number of fused-ring (bicyclic) bond motifs is 1. The maximum Gasteiger partial charge on any atom is 0.274 e. The number of nitrogens with zero attached hydrogens (tertiary/aromatic N) is 6. The van der Waals surface area contributed by atoms with Crippen molar-refractivity contribution < 1.29 is 4.74 Å². The van der Waals surface area contributed by atoms with Crippen LogP contribution in [-0.4, -0.2) is 50.6 Å². The average molecular weight is 416 g/mol. The lowest BCUT2D eigenvalue weighted by Crippen LogP contribution is -2.37. The highest BCUT2D eigenvalue weighted by atomic mass is 16.5. The lowest BCUT2D eigenvalue weighted by Gasteiger charge is -2.26. The molecule has 0 radical (unpaired) electrons. The molecule has 1 fully saturated rings. The van der Waals surface area contributed by atoms with Crippen LogP contribution >= 0.6 is 0 Å². The van der Waals surface area contributed by atoms with Crippen LogP contribution in [0.2, 0.25) is 0 Å². The van der Waals surface area contributed by atoms with Crippen LogP contribution in [0.4, 0.5) is 5.95 Å². The molecule has 0 amide bonds. The van der Waals surface area contributed by atoms with Gasteiger partial charge in [0, 0.05) is 50.5 Å². The van der Waals surface area contributed by atoms with Crippen molar-refractivity contribution >= 4 is 16.9 Å². The molecule has 5 rings (SSSR count). The Morgan fingerprint density at radius 1 is 1.03 bits per heavy atom. The summed E-state index contributed by atoms with van der Waals surface area (Å²) in [5.74, 6) is 0.719. The van der Waals surface area contributed by atoms with Crippen LogP contribution in [0.1, 0.15) is 11.1 Å². The molecule has 0 spiro atoms. The highest BCUT2D eigenvalue weighted by Crippen LogP contribution is 2.24. The zero-order valence-electron chi connectivity index (χ0n) is 17.7. The molecule has 0 atom stereocenters. The number of benzene rings is 1. The van der Waals surface area contributed by atoms with E-state index >= 15 is 0 Å². The molecule has 31 heavy (non-hydrogen) atoms. The van der Waals surface area contributed by atoms with Crippen LogP contribution in [0.15, 0.2) is 53.8 Å². The first-order chi connectivity index (χ1) is 15.1. The Morgan fingerprint density at radius 3 is 2.55 bits per heavy atom. The average Bonchev–Trinajstić information content (AvgIpc) is 3.05. The van der Waals surface area contributed by atoms with Crippen molar-refractivity contribution in [2.75, 3.05) is 31.2 Å². The number of morpholine rings is 1. The van der Waals surface area contributed by atoms with E-state index in [0.29, 0.717) is 25.1 Å². The minimum Gasteiger partial charge on any atom is -0.378 e. The summed E-state index contributed by atoms with van der Waals surface area (Å²) >= 11 is 0. The van der Waals surface area contributed by atoms with Gasteiger partial charge in [-0.1, -0.05) is 6.07 Å². The van der Waals surface area contributed by atoms with E-state index in [0.717, 1.165) is 46.8 Å². The molecule has 4 heterocycles. The van der Waals surface area contributed by atoms with Crippen molar-refractivity contribution in [2.45, 2.75) is 13.5 Å². The molecule has 1 aromatic carbocycles. The zero-order chi connectivity index (χ0) is 21.4. The van der Waals surface area contributed by atoms with Crippen LogP contribution in [0.5, 0.6) is 0 Å². The van der Waals surface area contributed by atoms with Gasteiger partial charge >= 0.3 is 0 Å². The molecule has 8 heteroatoms. The Bertz CT molecular complexity index is 1290. The van der Waals surface area contributed by atoms with Crippen molar-refractivity contribution in [1.82, 2.24) is 24.3 Å². The Balaban J connectivity index is 1.52. The second kappa shape index (κ2) is 7.96. The number of pyridine rings is 1. The quantitative estimate of drug-likeness (QED) is 0.508. The number of hydrogen-bond acceptors (Lipinski definition) is 6. The minimum atomic E-state index is -0.0120. The van der Waals surface area contributed by atoms with Gasteiger partial charge in [0.25, 0.3) is 5.56 Å². The van der Waals surface area contributed by atoms with Gasteiger partial charge in [-0.25, -0.2) is 9.97 Å². The summed E-state index contributed by atoms with van der Waals surface area (Å²) in [6.07, 6.45) is 7.32. The predicted molar refractivity (Wildman–Crippen MR) is 119 cm³/mol. The number of anilines is 1. The van der Waals surface area contributed by atoms with E-state index in [2.05, 4.69) is 26.8 Å². The minimum absolute atomic E-state index is 0.0120. The summed E-state index contributed by atoms with van der Waals surface area (Å²) in [5.41, 5.74) is 4.99. The third-order valence-electron chi connectivity index (χ3n) is 5.90. The number of ether oxygens (including phenoxy) is 1. The summed E-state index contributed by atoms with van der Waals surface area (Å²) in [4.78, 5) is 28.3. The van der Waals surface area contributed by atoms with Crippen LogP contribution in [0.3, 0.4) is 0 Å². The SMILES string of the molecule is Cc1ccncc1Cn1c2cc(-c3cnc(N4CCOCC4)nc3)ccc2c(=O)n1C. The molecule has 0 aliphatic carbocycles. The van der Waals surface area contributed by atoms with Gasteiger partial charge in [-0.15, -0.1) is 0 Å². The van der Waals surface area contributed by atoms with Gasteiger partial charge in [-0.3, -0.25) is 19.1 Å². The molecule has 0 bridgehead atoms. The van der Waals surface area contributed by atoms with E-state index in [1.54, 1.807) is 17.9 Å². The molecule has 158 valence electrons. The molecule has 1 aliphatic rings. The maximum atomic E-state index is 12.8. The van der Waals surface area contributed by atoms with E-state index in [9.17, 15) is 4.79 Å². The Morgan fingerprint density at radius 2 is 1.81 bits per heavy atom. The van der Waals surface area contributed by atoms with Gasteiger partial charge in [0.05, 0.1) is 30.7 Å². The lowest BCUT2D eigenvalue weighted by atomic mass is 10.1. The molecule has 1 saturated heterocycles. The fraction of sp³-hybridized carbons (Fsp3) is 0.304. The molecule has 0 unspecified atom stereocenters. The van der Waals surface area contributed by atoms with Crippen molar-refractivity contribution in [3.63, 3.8) is 0 Å². The molecule has 1 aliphatic heterocycles. The number of aryl methyl sites for hydroxylation is 1. The summed E-state index contributed by atoms with van der Waals surface area (Å²) < 4.78 is 9.06. The number of rotatable bonds is 4. The van der Waals surface area contributed by atoms with E-state index in [1.165, 1.54) is 0 Å². The van der Waals surface area contributed by atoms with Crippen molar-refractivity contribution in [2.24, 2.45) is 7.05 Å². The van der Waals surface area contributed by atoms with Gasteiger partial charge < -0.3 is 9.64 Å². The highest BCUT2D eigenvalue weighted by Gasteiger charge is 2.15. The first-order valence-corrected chi connectivity index (χ1v) is 10.4. The van der Waals surface area contributed by atoms with Crippen molar-refractivity contribution in [3.05, 3.63) is 70.5 Å². The standard InChI is InChI=1S/C23H24N6O2/c1-16-5-6-24-12-19(16)15-29-21-11-17(3-4-20(21)22(30)27(29)2)18-13-25-23(26-14-18)28-7-9-31-10-8-28/h3-6,11-14H,7-10,15H2,1-2H3. The monoisotopic (exact) mass is 416 g/mol. The molecule has 0 N–H and O–H groups in total. The molecule has 3 aromatic heterocycles. The summed E-state index contributed by atoms with van der Waals surface area (Å²) in [5, 5.41) is 0.693. The van der Waals surface area contributed by atoms with Gasteiger partial charge in [-0.05, 0) is 41.8 Å². The van der Waals surface area contributed by atoms with E-state index in [-0.39, 0.29) is 5.56 Å². The van der Waals surface area contributed by atoms with Crippen molar-refractivity contribution in [3.8, 4) is 11.1 Å². The van der Waals surface area contributed by atoms with Crippen LogP contribution in [-0.2, 0) is 18.3 Å². The van der Waals surface area contributed by atoms with Gasteiger partial charge in [-0.2, -0.15) is 0 Å². The fourth-order valence-corrected chi connectivity index (χ4v) is 3.96. The van der Waals surface area contributed by atoms with Gasteiger partial charge in [0.1, 0.15) is 0 Å². The largest absolute Gasteiger partial charge is 0.378 e. The molecule has 4 aromatic rings. The van der Waals surface area contributed by atoms with E-state index in [4.69, 9.17) is 4.74 Å². The predicted octanol–water partition coefficient (Wildman–Crippen LogP) is 2.39. The maximum absolute atomic E-state index is 12.8. The van der Waals surface area contributed by atoms with Crippen LogP contribution < -0.4 is 10.5 Å². The summed E-state index contributed by atoms with van der Waals surface area (Å²) in [6.45, 7) is 5.63. The van der Waals surface area contributed by atoms with Crippen LogP contribution in [0, 0.1) is 6.92 Å². The lowest BCUT2D eigenvalue weighted by molar-refractivity contribution is 0.122. The summed E-state index contributed by atoms with van der Waals surface area (Å²) in [6, 6.07) is 7.86. The highest BCUT2D eigenvalue weighted by molar-refractivity contribution is 5.84. The number of hydrogen-bond donors (Lipinski definition) is 0.